The summed E-state index contributed by atoms with van der Waals surface area (Å²) >= 11 is 1.84. The van der Waals surface area contributed by atoms with Gasteiger partial charge in [0.05, 0.1) is 33.4 Å². The van der Waals surface area contributed by atoms with E-state index in [-0.39, 0.29) is 0 Å². The zero-order valence-corrected chi connectivity index (χ0v) is 28.2. The van der Waals surface area contributed by atoms with Crippen LogP contribution in [-0.2, 0) is 0 Å². The maximum Gasteiger partial charge on any atom is 0.0971 e. The van der Waals surface area contributed by atoms with Gasteiger partial charge in [0.2, 0.25) is 0 Å². The third-order valence-electron chi connectivity index (χ3n) is 10.2. The number of anilines is 3. The minimum absolute atomic E-state index is 0.921. The maximum absolute atomic E-state index is 4.85. The van der Waals surface area contributed by atoms with Crippen LogP contribution in [0.25, 0.3) is 71.2 Å². The van der Waals surface area contributed by atoms with Crippen molar-refractivity contribution in [2.24, 2.45) is 0 Å². The first-order chi connectivity index (χ1) is 25.3. The van der Waals surface area contributed by atoms with Gasteiger partial charge < -0.3 is 9.47 Å². The van der Waals surface area contributed by atoms with Crippen molar-refractivity contribution in [2.75, 3.05) is 4.90 Å². The number of nitrogens with zero attached hydrogens (tertiary/aromatic N) is 4. The molecule has 0 aliphatic carbocycles. The molecule has 0 atom stereocenters. The van der Waals surface area contributed by atoms with E-state index in [4.69, 9.17) is 9.97 Å². The Hall–Kier alpha value is -6.43. The van der Waals surface area contributed by atoms with Gasteiger partial charge >= 0.3 is 0 Å². The second-order valence-corrected chi connectivity index (χ2v) is 14.1. The lowest BCUT2D eigenvalue weighted by molar-refractivity contribution is 1.12. The number of hydrogen-bond donors (Lipinski definition) is 0. The van der Waals surface area contributed by atoms with Crippen LogP contribution in [0.5, 0.6) is 0 Å². The normalized spacial score (nSPS) is 12.6. The van der Waals surface area contributed by atoms with Crippen molar-refractivity contribution < 1.29 is 0 Å². The summed E-state index contributed by atoms with van der Waals surface area (Å²) < 4.78 is 2.40. The fraction of sp³-hybridized carbons (Fsp3) is 0. The van der Waals surface area contributed by atoms with Gasteiger partial charge in [-0.2, -0.15) is 0 Å². The lowest BCUT2D eigenvalue weighted by Crippen LogP contribution is -2.15. The maximum atomic E-state index is 4.85. The van der Waals surface area contributed by atoms with Gasteiger partial charge in [-0.05, 0) is 82.6 Å². The van der Waals surface area contributed by atoms with Crippen LogP contribution in [-0.4, -0.2) is 14.5 Å². The van der Waals surface area contributed by atoms with E-state index in [2.05, 4.69) is 167 Å². The van der Waals surface area contributed by atoms with Gasteiger partial charge in [0.1, 0.15) is 0 Å². The van der Waals surface area contributed by atoms with Gasteiger partial charge in [0, 0.05) is 55.1 Å². The van der Waals surface area contributed by atoms with Crippen LogP contribution in [0, 0.1) is 0 Å². The molecule has 1 aliphatic rings. The quantitative estimate of drug-likeness (QED) is 0.176. The molecule has 0 radical (unpaired) electrons. The smallest absolute Gasteiger partial charge is 0.0971 e. The fourth-order valence-electron chi connectivity index (χ4n) is 7.98. The molecule has 8 aromatic carbocycles. The lowest BCUT2D eigenvalue weighted by Gasteiger charge is -2.33. The molecule has 51 heavy (non-hydrogen) atoms. The molecule has 10 aromatic rings. The second kappa shape index (κ2) is 11.0. The number of benzene rings is 8. The Kier molecular flexibility index (Phi) is 6.15. The molecule has 0 unspecified atom stereocenters. The Bertz CT molecular complexity index is 2970. The molecule has 11 rings (SSSR count). The molecule has 238 valence electrons. The Morgan fingerprint density at radius 1 is 0.392 bits per heavy atom. The molecule has 3 heterocycles. The van der Waals surface area contributed by atoms with Crippen LogP contribution < -0.4 is 4.90 Å². The van der Waals surface area contributed by atoms with Crippen LogP contribution in [0.2, 0.25) is 0 Å². The summed E-state index contributed by atoms with van der Waals surface area (Å²) in [6.45, 7) is 0. The van der Waals surface area contributed by atoms with Gasteiger partial charge in [-0.15, -0.1) is 0 Å². The van der Waals surface area contributed by atoms with Crippen molar-refractivity contribution in [1.82, 2.24) is 14.5 Å². The summed E-state index contributed by atoms with van der Waals surface area (Å²) in [6.07, 6.45) is 3.59. The van der Waals surface area contributed by atoms with Gasteiger partial charge in [0.15, 0.2) is 0 Å². The minimum atomic E-state index is 0.921. The van der Waals surface area contributed by atoms with E-state index in [0.29, 0.717) is 0 Å². The first-order valence-electron chi connectivity index (χ1n) is 17.2. The number of hydrogen-bond acceptors (Lipinski definition) is 4. The topological polar surface area (TPSA) is 34.0 Å². The van der Waals surface area contributed by atoms with Gasteiger partial charge in [-0.1, -0.05) is 109 Å². The molecule has 2 aromatic heterocycles. The third-order valence-corrected chi connectivity index (χ3v) is 11.3. The standard InChI is InChI=1S/C46H28N4S/c1-2-10-29(11-3-1)30-18-21-35-37(26-30)38-27-31(19-22-36(38)46-45(35)47-24-25-48-46)50-41-16-8-9-17-43(41)51-44-28-32(20-23-42(44)50)49-39-14-6-4-12-33(39)34-13-5-7-15-40(34)49/h1-28H. The van der Waals surface area contributed by atoms with Crippen LogP contribution in [0.1, 0.15) is 0 Å². The highest BCUT2D eigenvalue weighted by atomic mass is 32.2. The Morgan fingerprint density at radius 2 is 1.00 bits per heavy atom. The van der Waals surface area contributed by atoms with Crippen molar-refractivity contribution in [1.29, 1.82) is 0 Å². The summed E-state index contributed by atoms with van der Waals surface area (Å²) in [5.74, 6) is 0. The molecule has 0 fully saturated rings. The molecule has 0 spiro atoms. The van der Waals surface area contributed by atoms with Crippen LogP contribution in [0.15, 0.2) is 180 Å². The first-order valence-corrected chi connectivity index (χ1v) is 18.0. The highest BCUT2D eigenvalue weighted by Crippen LogP contribution is 2.53. The number of aromatic nitrogens is 3. The van der Waals surface area contributed by atoms with Crippen molar-refractivity contribution in [3.05, 3.63) is 170 Å². The van der Waals surface area contributed by atoms with Gasteiger partial charge in [-0.3, -0.25) is 9.97 Å². The van der Waals surface area contributed by atoms with E-state index in [0.717, 1.165) is 44.3 Å². The van der Waals surface area contributed by atoms with E-state index >= 15 is 0 Å². The molecule has 5 heteroatoms. The van der Waals surface area contributed by atoms with E-state index in [9.17, 15) is 0 Å². The molecule has 4 nitrogen and oxygen atoms in total. The number of rotatable bonds is 3. The molecular formula is C46H28N4S. The Labute approximate surface area is 298 Å². The Morgan fingerprint density at radius 3 is 1.76 bits per heavy atom. The number of fused-ring (bicyclic) bond motifs is 11. The highest BCUT2D eigenvalue weighted by Gasteiger charge is 2.26. The van der Waals surface area contributed by atoms with Crippen molar-refractivity contribution in [3.63, 3.8) is 0 Å². The summed E-state index contributed by atoms with van der Waals surface area (Å²) in [4.78, 5) is 14.5. The largest absolute Gasteiger partial charge is 0.309 e. The van der Waals surface area contributed by atoms with Crippen LogP contribution in [0.3, 0.4) is 0 Å². The van der Waals surface area contributed by atoms with E-state index < -0.39 is 0 Å². The predicted octanol–water partition coefficient (Wildman–Crippen LogP) is 12.6. The summed E-state index contributed by atoms with van der Waals surface area (Å²) in [6, 6.07) is 57.2. The first kappa shape index (κ1) is 28.4. The van der Waals surface area contributed by atoms with E-state index in [1.165, 1.54) is 53.8 Å². The van der Waals surface area contributed by atoms with Crippen molar-refractivity contribution >= 4 is 83.2 Å². The summed E-state index contributed by atoms with van der Waals surface area (Å²) in [5, 5.41) is 7.06. The molecule has 0 saturated carbocycles. The lowest BCUT2D eigenvalue weighted by atomic mass is 9.95. The number of para-hydroxylation sites is 3. The minimum Gasteiger partial charge on any atom is -0.309 e. The van der Waals surface area contributed by atoms with Crippen LogP contribution in [0.4, 0.5) is 17.1 Å². The van der Waals surface area contributed by atoms with Gasteiger partial charge in [-0.25, -0.2) is 0 Å². The molecule has 1 aliphatic heterocycles. The zero-order chi connectivity index (χ0) is 33.5. The summed E-state index contributed by atoms with van der Waals surface area (Å²) in [7, 11) is 0. The van der Waals surface area contributed by atoms with E-state index in [1.54, 1.807) is 12.4 Å². The average molecular weight is 669 g/mol. The molecule has 0 amide bonds. The zero-order valence-electron chi connectivity index (χ0n) is 27.4. The predicted molar refractivity (Wildman–Crippen MR) is 213 cm³/mol. The molecule has 0 bridgehead atoms. The van der Waals surface area contributed by atoms with Crippen molar-refractivity contribution in [3.8, 4) is 16.8 Å². The highest BCUT2D eigenvalue weighted by molar-refractivity contribution is 7.99. The average Bonchev–Trinajstić information content (AvgIpc) is 3.54. The van der Waals surface area contributed by atoms with E-state index in [1.807, 2.05) is 11.8 Å². The van der Waals surface area contributed by atoms with Gasteiger partial charge in [0.25, 0.3) is 0 Å². The third kappa shape index (κ3) is 4.28. The van der Waals surface area contributed by atoms with Crippen LogP contribution >= 0.6 is 11.8 Å². The van der Waals surface area contributed by atoms with Crippen molar-refractivity contribution in [2.45, 2.75) is 9.79 Å². The second-order valence-electron chi connectivity index (χ2n) is 13.0. The monoisotopic (exact) mass is 668 g/mol. The SMILES string of the molecule is c1ccc(-c2ccc3c(c2)c2cc(N4c5ccccc5Sc5cc(-n6c7ccccc7c7ccccc76)ccc54)ccc2c2nccnc32)cc1. The molecule has 0 saturated heterocycles. The summed E-state index contributed by atoms with van der Waals surface area (Å²) in [5.41, 5.74) is 11.2. The fourth-order valence-corrected chi connectivity index (χ4v) is 9.07. The Balaban J connectivity index is 1.14. The molecule has 0 N–H and O–H groups in total. The molecular weight excluding hydrogens is 641 g/mol.